The highest BCUT2D eigenvalue weighted by Crippen LogP contribution is 2.37. The molecule has 0 fully saturated rings. The Morgan fingerprint density at radius 3 is 2.55 bits per heavy atom. The van der Waals surface area contributed by atoms with Crippen LogP contribution in [-0.4, -0.2) is 36.1 Å². The van der Waals surface area contributed by atoms with Gasteiger partial charge in [0.05, 0.1) is 18.9 Å². The van der Waals surface area contributed by atoms with Gasteiger partial charge in [-0.3, -0.25) is 14.5 Å². The van der Waals surface area contributed by atoms with E-state index in [0.29, 0.717) is 12.1 Å². The Kier molecular flexibility index (Phi) is 4.21. The maximum absolute atomic E-state index is 12.9. The topological polar surface area (TPSA) is 83.9 Å². The Labute approximate surface area is 128 Å². The molecule has 6 nitrogen and oxygen atoms in total. The lowest BCUT2D eigenvalue weighted by Crippen LogP contribution is -2.49. The number of benzene rings is 1. The van der Waals surface area contributed by atoms with Gasteiger partial charge in [0.1, 0.15) is 6.04 Å². The number of methoxy groups -OCH3 is 1. The van der Waals surface area contributed by atoms with E-state index in [0.717, 1.165) is 5.56 Å². The molecule has 0 saturated carbocycles. The van der Waals surface area contributed by atoms with Gasteiger partial charge in [-0.15, -0.1) is 0 Å². The first-order valence-corrected chi connectivity index (χ1v) is 6.99. The Morgan fingerprint density at radius 2 is 1.95 bits per heavy atom. The maximum atomic E-state index is 12.9. The van der Waals surface area contributed by atoms with Crippen LogP contribution in [0.25, 0.3) is 0 Å². The monoisotopic (exact) mass is 305 g/mol. The van der Waals surface area contributed by atoms with Crippen molar-refractivity contribution < 1.29 is 24.2 Å². The van der Waals surface area contributed by atoms with Crippen molar-refractivity contribution in [2.24, 2.45) is 5.41 Å². The van der Waals surface area contributed by atoms with Crippen LogP contribution in [0.2, 0.25) is 0 Å². The summed E-state index contributed by atoms with van der Waals surface area (Å²) < 4.78 is 4.79. The van der Waals surface area contributed by atoms with Crippen LogP contribution < -0.4 is 4.90 Å². The van der Waals surface area contributed by atoms with Crippen molar-refractivity contribution in [1.29, 1.82) is 0 Å². The van der Waals surface area contributed by atoms with Crippen LogP contribution in [0.1, 0.15) is 25.8 Å². The molecule has 22 heavy (non-hydrogen) atoms. The number of para-hydroxylation sites is 1. The molecule has 1 atom stereocenters. The summed E-state index contributed by atoms with van der Waals surface area (Å²) in [5, 5.41) is 8.99. The minimum absolute atomic E-state index is 0.307. The fraction of sp³-hybridized carbons (Fsp3) is 0.438. The molecule has 1 aromatic rings. The van der Waals surface area contributed by atoms with Crippen molar-refractivity contribution in [1.82, 2.24) is 0 Å². The number of carboxylic acids is 1. The molecule has 0 aliphatic carbocycles. The molecule has 0 aromatic heterocycles. The van der Waals surface area contributed by atoms with Crippen LogP contribution in [0.15, 0.2) is 24.3 Å². The molecule has 1 amide bonds. The van der Waals surface area contributed by atoms with E-state index in [-0.39, 0.29) is 6.42 Å². The van der Waals surface area contributed by atoms with Crippen LogP contribution in [0, 0.1) is 5.41 Å². The van der Waals surface area contributed by atoms with Crippen LogP contribution >= 0.6 is 0 Å². The minimum Gasteiger partial charge on any atom is -0.481 e. The number of esters is 1. The highest BCUT2D eigenvalue weighted by molar-refractivity contribution is 6.05. The Hall–Kier alpha value is -2.37. The molecule has 0 spiro atoms. The molecule has 0 bridgehead atoms. The maximum Gasteiger partial charge on any atom is 0.329 e. The number of rotatable bonds is 4. The van der Waals surface area contributed by atoms with Crippen molar-refractivity contribution in [3.63, 3.8) is 0 Å². The number of carbonyl (C=O) groups is 3. The van der Waals surface area contributed by atoms with Crippen molar-refractivity contribution in [2.45, 2.75) is 32.7 Å². The number of ether oxygens (including phenoxy) is 1. The molecule has 0 radical (unpaired) electrons. The fourth-order valence-electron chi connectivity index (χ4n) is 2.74. The van der Waals surface area contributed by atoms with Gasteiger partial charge in [0.2, 0.25) is 5.91 Å². The normalized spacial score (nSPS) is 17.0. The van der Waals surface area contributed by atoms with E-state index in [4.69, 9.17) is 9.84 Å². The quantitative estimate of drug-likeness (QED) is 0.855. The Bertz CT molecular complexity index is 623. The Morgan fingerprint density at radius 1 is 1.32 bits per heavy atom. The number of hydrogen-bond donors (Lipinski definition) is 1. The predicted octanol–water partition coefficient (Wildman–Crippen LogP) is 1.62. The molecule has 1 unspecified atom stereocenters. The molecular formula is C16H19NO5. The van der Waals surface area contributed by atoms with Gasteiger partial charge in [-0.25, -0.2) is 4.79 Å². The first kappa shape index (κ1) is 16.0. The molecule has 1 aromatic carbocycles. The second-order valence-corrected chi connectivity index (χ2v) is 6.00. The summed E-state index contributed by atoms with van der Waals surface area (Å²) in [6.07, 6.45) is 0.0656. The van der Waals surface area contributed by atoms with E-state index in [1.165, 1.54) is 12.0 Å². The van der Waals surface area contributed by atoms with E-state index in [1.54, 1.807) is 26.0 Å². The average Bonchev–Trinajstić information content (AvgIpc) is 2.83. The van der Waals surface area contributed by atoms with Gasteiger partial charge >= 0.3 is 11.9 Å². The molecule has 1 aliphatic heterocycles. The van der Waals surface area contributed by atoms with Crippen molar-refractivity contribution in [3.8, 4) is 0 Å². The van der Waals surface area contributed by atoms with Crippen molar-refractivity contribution >= 4 is 23.5 Å². The molecule has 6 heteroatoms. The number of aliphatic carboxylic acids is 1. The fourth-order valence-corrected chi connectivity index (χ4v) is 2.74. The Balaban J connectivity index is 2.41. The van der Waals surface area contributed by atoms with Crippen LogP contribution in [0.5, 0.6) is 0 Å². The number of fused-ring (bicyclic) bond motifs is 1. The number of nitrogens with zero attached hydrogens (tertiary/aromatic N) is 1. The summed E-state index contributed by atoms with van der Waals surface area (Å²) in [6.45, 7) is 3.14. The summed E-state index contributed by atoms with van der Waals surface area (Å²) in [5.41, 5.74) is 0.397. The minimum atomic E-state index is -1.12. The number of anilines is 1. The second kappa shape index (κ2) is 5.79. The molecular weight excluding hydrogens is 286 g/mol. The van der Waals surface area contributed by atoms with E-state index in [9.17, 15) is 14.4 Å². The largest absolute Gasteiger partial charge is 0.481 e. The standard InChI is InChI=1S/C16H19NO5/c1-16(2,9-13(18)19)15(21)17-11-7-5-4-6-10(11)8-12(17)14(20)22-3/h4-7,12H,8-9H2,1-3H3,(H,18,19). The third-order valence-corrected chi connectivity index (χ3v) is 3.84. The molecule has 118 valence electrons. The van der Waals surface area contributed by atoms with Gasteiger partial charge in [-0.05, 0) is 11.6 Å². The number of amides is 1. The van der Waals surface area contributed by atoms with E-state index in [1.807, 2.05) is 12.1 Å². The third-order valence-electron chi connectivity index (χ3n) is 3.84. The lowest BCUT2D eigenvalue weighted by Gasteiger charge is -2.31. The SMILES string of the molecule is COC(=O)C1Cc2ccccc2N1C(=O)C(C)(C)CC(=O)O. The van der Waals surface area contributed by atoms with E-state index in [2.05, 4.69) is 0 Å². The average molecular weight is 305 g/mol. The zero-order valence-corrected chi connectivity index (χ0v) is 12.8. The van der Waals surface area contributed by atoms with Crippen LogP contribution in [0.3, 0.4) is 0 Å². The molecule has 1 N–H and O–H groups in total. The first-order valence-electron chi connectivity index (χ1n) is 6.99. The summed E-state index contributed by atoms with van der Waals surface area (Å²) >= 11 is 0. The molecule has 2 rings (SSSR count). The second-order valence-electron chi connectivity index (χ2n) is 6.00. The highest BCUT2D eigenvalue weighted by atomic mass is 16.5. The lowest BCUT2D eigenvalue weighted by atomic mass is 9.87. The van der Waals surface area contributed by atoms with E-state index >= 15 is 0 Å². The van der Waals surface area contributed by atoms with Gasteiger partial charge in [0, 0.05) is 12.1 Å². The van der Waals surface area contributed by atoms with Crippen molar-refractivity contribution in [3.05, 3.63) is 29.8 Å². The number of carboxylic acid groups (broad SMARTS) is 1. The first-order chi connectivity index (χ1) is 10.3. The van der Waals surface area contributed by atoms with Gasteiger partial charge in [-0.2, -0.15) is 0 Å². The number of carbonyl (C=O) groups excluding carboxylic acids is 2. The lowest BCUT2D eigenvalue weighted by molar-refractivity contribution is -0.145. The smallest absolute Gasteiger partial charge is 0.329 e. The van der Waals surface area contributed by atoms with Gasteiger partial charge in [0.15, 0.2) is 0 Å². The summed E-state index contributed by atoms with van der Waals surface area (Å²) in [6, 6.07) is 6.48. The van der Waals surface area contributed by atoms with Gasteiger partial charge in [-0.1, -0.05) is 32.0 Å². The summed E-state index contributed by atoms with van der Waals surface area (Å²) in [4.78, 5) is 37.2. The van der Waals surface area contributed by atoms with Gasteiger partial charge in [0.25, 0.3) is 0 Å². The summed E-state index contributed by atoms with van der Waals surface area (Å²) in [5.74, 6) is -1.95. The third kappa shape index (κ3) is 2.81. The van der Waals surface area contributed by atoms with Crippen LogP contribution in [0.4, 0.5) is 5.69 Å². The molecule has 1 aliphatic rings. The predicted molar refractivity (Wildman–Crippen MR) is 79.5 cm³/mol. The van der Waals surface area contributed by atoms with E-state index < -0.39 is 29.3 Å². The zero-order valence-electron chi connectivity index (χ0n) is 12.8. The van der Waals surface area contributed by atoms with Crippen LogP contribution in [-0.2, 0) is 25.5 Å². The molecule has 0 saturated heterocycles. The zero-order chi connectivity index (χ0) is 16.5. The highest BCUT2D eigenvalue weighted by Gasteiger charge is 2.44. The summed E-state index contributed by atoms with van der Waals surface area (Å²) in [7, 11) is 1.27. The van der Waals surface area contributed by atoms with Crippen molar-refractivity contribution in [2.75, 3.05) is 12.0 Å². The number of hydrogen-bond acceptors (Lipinski definition) is 4. The van der Waals surface area contributed by atoms with Gasteiger partial charge < -0.3 is 9.84 Å². The molecule has 1 heterocycles.